The molecule has 0 bridgehead atoms. The van der Waals surface area contributed by atoms with Gasteiger partial charge in [0, 0.05) is 0 Å². The summed E-state index contributed by atoms with van der Waals surface area (Å²) in [5.74, 6) is 0.687. The van der Waals surface area contributed by atoms with Crippen molar-refractivity contribution in [2.75, 3.05) is 0 Å². The third-order valence-corrected chi connectivity index (χ3v) is 11.4. The number of aliphatic carboxylic acids is 1. The molecule has 0 radical (unpaired) electrons. The van der Waals surface area contributed by atoms with Gasteiger partial charge >= 0.3 is 5.97 Å². The van der Waals surface area contributed by atoms with Crippen LogP contribution in [0.5, 0.6) is 0 Å². The molecule has 13 atom stereocenters. The SMILES string of the molecule is CC[C@H]1[C@H](O)C2C3CC[C@H]([C@@H](C)CC(C)C(=O)O)[C@@]3(C)[C@@H](O)CC2[C@@]2(C)CC[C@@H](O)C[C@@H]12. The number of rotatable bonds is 5. The highest BCUT2D eigenvalue weighted by atomic mass is 16.4. The van der Waals surface area contributed by atoms with Gasteiger partial charge in [-0.3, -0.25) is 4.79 Å². The fourth-order valence-corrected chi connectivity index (χ4v) is 9.71. The number of aliphatic hydroxyl groups excluding tert-OH is 3. The van der Waals surface area contributed by atoms with Crippen molar-refractivity contribution in [1.82, 2.24) is 0 Å². The lowest BCUT2D eigenvalue weighted by Gasteiger charge is -2.65. The van der Waals surface area contributed by atoms with E-state index < -0.39 is 12.1 Å². The lowest BCUT2D eigenvalue weighted by Crippen LogP contribution is -2.65. The molecule has 32 heavy (non-hydrogen) atoms. The predicted molar refractivity (Wildman–Crippen MR) is 124 cm³/mol. The highest BCUT2D eigenvalue weighted by molar-refractivity contribution is 5.69. The first-order valence-electron chi connectivity index (χ1n) is 13.2. The minimum absolute atomic E-state index is 0.0631. The van der Waals surface area contributed by atoms with Crippen molar-refractivity contribution in [3.8, 4) is 0 Å². The van der Waals surface area contributed by atoms with Gasteiger partial charge in [0.25, 0.3) is 0 Å². The van der Waals surface area contributed by atoms with Crippen molar-refractivity contribution in [3.63, 3.8) is 0 Å². The molecule has 0 spiro atoms. The van der Waals surface area contributed by atoms with E-state index in [2.05, 4.69) is 27.7 Å². The molecule has 5 heteroatoms. The molecule has 4 rings (SSSR count). The Morgan fingerprint density at radius 1 is 1.00 bits per heavy atom. The van der Waals surface area contributed by atoms with Gasteiger partial charge in [0.1, 0.15) is 0 Å². The molecule has 4 aliphatic carbocycles. The zero-order valence-corrected chi connectivity index (χ0v) is 20.7. The molecule has 0 aromatic carbocycles. The van der Waals surface area contributed by atoms with Crippen molar-refractivity contribution in [3.05, 3.63) is 0 Å². The summed E-state index contributed by atoms with van der Waals surface area (Å²) in [6.07, 6.45) is 5.85. The Kier molecular flexibility index (Phi) is 6.53. The Balaban J connectivity index is 1.66. The quantitative estimate of drug-likeness (QED) is 0.500. The van der Waals surface area contributed by atoms with E-state index in [9.17, 15) is 25.2 Å². The van der Waals surface area contributed by atoms with Crippen LogP contribution in [0.25, 0.3) is 0 Å². The first-order chi connectivity index (χ1) is 15.0. The monoisotopic (exact) mass is 450 g/mol. The molecule has 4 fully saturated rings. The Morgan fingerprint density at radius 3 is 2.31 bits per heavy atom. The zero-order chi connectivity index (χ0) is 23.6. The average molecular weight is 451 g/mol. The zero-order valence-electron chi connectivity index (χ0n) is 20.7. The van der Waals surface area contributed by atoms with Crippen LogP contribution in [-0.4, -0.2) is 44.7 Å². The highest BCUT2D eigenvalue weighted by Crippen LogP contribution is 2.69. The summed E-state index contributed by atoms with van der Waals surface area (Å²) >= 11 is 0. The van der Waals surface area contributed by atoms with E-state index in [0.29, 0.717) is 12.3 Å². The first-order valence-corrected chi connectivity index (χ1v) is 13.2. The van der Waals surface area contributed by atoms with Crippen LogP contribution in [0.15, 0.2) is 0 Å². The minimum Gasteiger partial charge on any atom is -0.481 e. The van der Waals surface area contributed by atoms with E-state index in [1.54, 1.807) is 6.92 Å². The van der Waals surface area contributed by atoms with E-state index in [4.69, 9.17) is 0 Å². The van der Waals surface area contributed by atoms with Gasteiger partial charge in [-0.1, -0.05) is 41.0 Å². The van der Waals surface area contributed by atoms with Gasteiger partial charge in [-0.2, -0.15) is 0 Å². The van der Waals surface area contributed by atoms with Crippen LogP contribution >= 0.6 is 0 Å². The third-order valence-electron chi connectivity index (χ3n) is 11.4. The maximum Gasteiger partial charge on any atom is 0.306 e. The topological polar surface area (TPSA) is 98.0 Å². The largest absolute Gasteiger partial charge is 0.481 e. The smallest absolute Gasteiger partial charge is 0.306 e. The molecule has 0 aromatic heterocycles. The second-order valence-corrected chi connectivity index (χ2v) is 12.6. The Morgan fingerprint density at radius 2 is 1.69 bits per heavy atom. The number of carboxylic acid groups (broad SMARTS) is 1. The van der Waals surface area contributed by atoms with Crippen molar-refractivity contribution < 1.29 is 25.2 Å². The van der Waals surface area contributed by atoms with Crippen LogP contribution in [0.4, 0.5) is 0 Å². The lowest BCUT2D eigenvalue weighted by molar-refractivity contribution is -0.228. The van der Waals surface area contributed by atoms with Crippen LogP contribution in [0, 0.1) is 58.2 Å². The Hall–Kier alpha value is -0.650. The van der Waals surface area contributed by atoms with Gasteiger partial charge in [-0.05, 0) is 97.2 Å². The van der Waals surface area contributed by atoms with Crippen molar-refractivity contribution >= 4 is 5.97 Å². The van der Waals surface area contributed by atoms with Gasteiger partial charge in [0.15, 0.2) is 0 Å². The van der Waals surface area contributed by atoms with Gasteiger partial charge in [0.05, 0.1) is 24.2 Å². The number of carboxylic acids is 1. The molecule has 0 aliphatic heterocycles. The highest BCUT2D eigenvalue weighted by Gasteiger charge is 2.67. The van der Waals surface area contributed by atoms with Crippen molar-refractivity contribution in [2.24, 2.45) is 58.2 Å². The third kappa shape index (κ3) is 3.48. The van der Waals surface area contributed by atoms with Crippen molar-refractivity contribution in [1.29, 1.82) is 0 Å². The number of aliphatic hydroxyl groups is 3. The summed E-state index contributed by atoms with van der Waals surface area (Å²) in [5, 5.41) is 43.3. The van der Waals surface area contributed by atoms with Crippen molar-refractivity contribution in [2.45, 2.75) is 104 Å². The summed E-state index contributed by atoms with van der Waals surface area (Å²) in [6.45, 7) is 10.8. The molecular formula is C27H46O5. The number of hydrogen-bond donors (Lipinski definition) is 4. The first kappa shape index (κ1) is 24.5. The maximum atomic E-state index is 11.8. The Labute approximate surface area is 194 Å². The fraction of sp³-hybridized carbons (Fsp3) is 0.963. The van der Waals surface area contributed by atoms with Gasteiger partial charge in [0.2, 0.25) is 0 Å². The number of hydrogen-bond acceptors (Lipinski definition) is 4. The maximum absolute atomic E-state index is 11.8. The summed E-state index contributed by atoms with van der Waals surface area (Å²) in [6, 6.07) is 0. The molecular weight excluding hydrogens is 404 g/mol. The predicted octanol–water partition coefficient (Wildman–Crippen LogP) is 4.33. The van der Waals surface area contributed by atoms with Crippen LogP contribution in [0.1, 0.15) is 86.0 Å². The molecule has 4 aliphatic rings. The second-order valence-electron chi connectivity index (χ2n) is 12.6. The van der Waals surface area contributed by atoms with Gasteiger partial charge in [-0.15, -0.1) is 0 Å². The van der Waals surface area contributed by atoms with E-state index in [-0.39, 0.29) is 64.5 Å². The van der Waals surface area contributed by atoms with Crippen LogP contribution in [0.2, 0.25) is 0 Å². The van der Waals surface area contributed by atoms with Crippen LogP contribution < -0.4 is 0 Å². The van der Waals surface area contributed by atoms with E-state index in [0.717, 1.165) is 44.9 Å². The number of carbonyl (C=O) groups is 1. The average Bonchev–Trinajstić information content (AvgIpc) is 3.09. The minimum atomic E-state index is -0.743. The Bertz CT molecular complexity index is 710. The lowest BCUT2D eigenvalue weighted by atomic mass is 9.41. The van der Waals surface area contributed by atoms with E-state index in [1.807, 2.05) is 0 Å². The second kappa shape index (κ2) is 8.53. The molecule has 184 valence electrons. The molecule has 0 amide bonds. The van der Waals surface area contributed by atoms with E-state index in [1.165, 1.54) is 0 Å². The molecule has 4 N–H and O–H groups in total. The summed E-state index contributed by atoms with van der Waals surface area (Å²) < 4.78 is 0. The standard InChI is InChI=1S/C27H46O5/c1-6-17-20-12-16(28)9-10-26(20,4)21-13-22(29)27(5)18(14(2)11-15(3)25(31)32)7-8-19(27)23(21)24(17)30/h14-24,28-30H,6-13H2,1-5H3,(H,31,32)/t14-,15?,16+,17+,18+,19?,20-,21?,22-,23?,24-,26-,27+/m0/s1. The van der Waals surface area contributed by atoms with Gasteiger partial charge < -0.3 is 20.4 Å². The molecule has 0 heterocycles. The van der Waals surface area contributed by atoms with Crippen LogP contribution in [-0.2, 0) is 4.79 Å². The van der Waals surface area contributed by atoms with Crippen LogP contribution in [0.3, 0.4) is 0 Å². The molecule has 4 saturated carbocycles. The fourth-order valence-electron chi connectivity index (χ4n) is 9.71. The van der Waals surface area contributed by atoms with Gasteiger partial charge in [-0.25, -0.2) is 0 Å². The molecule has 4 unspecified atom stereocenters. The summed E-state index contributed by atoms with van der Waals surface area (Å²) in [5.41, 5.74) is -0.205. The summed E-state index contributed by atoms with van der Waals surface area (Å²) in [7, 11) is 0. The normalized spacial score (nSPS) is 52.4. The molecule has 0 aromatic rings. The van der Waals surface area contributed by atoms with E-state index >= 15 is 0 Å². The number of fused-ring (bicyclic) bond motifs is 5. The molecule has 0 saturated heterocycles. The molecule has 5 nitrogen and oxygen atoms in total. The summed E-state index contributed by atoms with van der Waals surface area (Å²) in [4.78, 5) is 11.5.